The van der Waals surface area contributed by atoms with Gasteiger partial charge in [0, 0.05) is 43.7 Å². The van der Waals surface area contributed by atoms with E-state index in [-0.39, 0.29) is 56.0 Å². The molecule has 0 spiro atoms. The average Bonchev–Trinajstić information content (AvgIpc) is 1.74. The Labute approximate surface area is 632 Å². The first-order chi connectivity index (χ1) is 50.5. The molecule has 1 fully saturated rings. The zero-order valence-corrected chi connectivity index (χ0v) is 62.7. The van der Waals surface area contributed by atoms with Crippen molar-refractivity contribution in [3.05, 3.63) is 35.9 Å². The second kappa shape index (κ2) is 49.1. The van der Waals surface area contributed by atoms with E-state index in [9.17, 15) is 112 Å². The number of thiol groups is 2. The van der Waals surface area contributed by atoms with E-state index in [1.807, 2.05) is 0 Å². The number of hydrogen-bond acceptors (Lipinski definition) is 25. The van der Waals surface area contributed by atoms with Gasteiger partial charge in [0.25, 0.3) is 0 Å². The molecule has 2 rings (SSSR count). The Hall–Kier alpha value is -8.94. The molecule has 0 unspecified atom stereocenters. The van der Waals surface area contributed by atoms with Crippen LogP contribution in [0.2, 0.25) is 0 Å². The number of thioether (sulfide) groups is 1. The van der Waals surface area contributed by atoms with Crippen LogP contribution in [0.1, 0.15) is 117 Å². The maximum atomic E-state index is 14.8. The molecule has 107 heavy (non-hydrogen) atoms. The molecule has 0 radical (unpaired) electrons. The third-order valence-electron chi connectivity index (χ3n) is 16.9. The van der Waals surface area contributed by atoms with Crippen molar-refractivity contribution >= 4 is 138 Å². The van der Waals surface area contributed by atoms with Crippen molar-refractivity contribution in [2.75, 3.05) is 49.8 Å². The Morgan fingerprint density at radius 2 is 1.01 bits per heavy atom. The van der Waals surface area contributed by atoms with Gasteiger partial charge in [0.2, 0.25) is 82.7 Å². The van der Waals surface area contributed by atoms with Gasteiger partial charge in [-0.3, -0.25) is 76.7 Å². The monoisotopic (exact) mass is 1570 g/mol. The summed E-state index contributed by atoms with van der Waals surface area (Å²) >= 11 is 9.04. The summed E-state index contributed by atoms with van der Waals surface area (Å²) in [4.78, 5) is 229. The molecule has 1 aliphatic heterocycles. The lowest BCUT2D eigenvalue weighted by Crippen LogP contribution is -2.63. The molecule has 1 aromatic rings. The Morgan fingerprint density at radius 3 is 1.47 bits per heavy atom. The molecule has 39 nitrogen and oxygen atoms in total. The van der Waals surface area contributed by atoms with E-state index in [1.165, 1.54) is 16.7 Å². The molecule has 600 valence electrons. The molecule has 42 heteroatoms. The number of carbonyl (C=O) groups excluding carboxylic acids is 14. The summed E-state index contributed by atoms with van der Waals surface area (Å²) < 4.78 is 0. The highest BCUT2D eigenvalue weighted by Crippen LogP contribution is 2.23. The van der Waals surface area contributed by atoms with Crippen molar-refractivity contribution in [3.63, 3.8) is 0 Å². The summed E-state index contributed by atoms with van der Waals surface area (Å²) in [6, 6.07) is -12.7. The largest absolute Gasteiger partial charge is 0.481 e. The lowest BCUT2D eigenvalue weighted by atomic mass is 9.96. The lowest BCUT2D eigenvalue weighted by Gasteiger charge is -2.33. The van der Waals surface area contributed by atoms with E-state index in [0.717, 1.165) is 13.8 Å². The molecule has 1 aliphatic rings. The van der Waals surface area contributed by atoms with Crippen molar-refractivity contribution in [2.45, 2.75) is 208 Å². The summed E-state index contributed by atoms with van der Waals surface area (Å²) in [5, 5.41) is 88.2. The SMILES string of the molecule is CC[C@H](C)[C@H](NC(=O)[C@H](Cc1ccccc1)NC(=O)[C@H](CCSC)NC(=O)[C@H](CCC(=O)O)NC(=O)[C@H](CCC(=O)O)NC(=O)[C@H](CCC(N)=O)NC(=O)[C@@H](NC(=O)[C@H](CO)NC(=O)[C@@H](NC(=O)[C@@H](N)CS)[C@@H](C)O)[C@@H](C)O)C(=O)N1CCC[C@H]1C(=O)N[C@@H](CCCCN)C(=O)NCC(=O)N[C@@H](CS)C(=O)O. The highest BCUT2D eigenvalue weighted by Gasteiger charge is 2.43. The number of carboxylic acids is 3. The number of aliphatic hydroxyl groups is 3. The highest BCUT2D eigenvalue weighted by molar-refractivity contribution is 7.98. The van der Waals surface area contributed by atoms with Gasteiger partial charge in [-0.1, -0.05) is 50.6 Å². The van der Waals surface area contributed by atoms with Gasteiger partial charge in [-0.2, -0.15) is 37.0 Å². The molecule has 16 atom stereocenters. The zero-order chi connectivity index (χ0) is 80.8. The third kappa shape index (κ3) is 33.4. The molecule has 0 saturated carbocycles. The molecule has 0 bridgehead atoms. The number of benzene rings is 1. The Kier molecular flexibility index (Phi) is 43.2. The standard InChI is InChI=1S/C65H104N16O23S3/c1-6-32(2)50(64(102)81-25-12-16-45(81)61(99)74-37(15-10-11-24-66)54(92)69-28-47(86)70-44(31-106)65(103)104)78-59(97)42(27-35-13-8-7-9-14-35)76-58(96)41(23-26-107-5)73-57(95)40(19-22-49(89)90)72-56(94)39(18-21-48(87)88)71-55(93)38(17-20-46(68)85)75-62(100)52(34(4)84)80-60(98)43(29-82)77-63(101)51(33(3)83)79-53(91)36(67)30-105/h7-9,13-14,32-34,36-45,50-52,82-84,105-106H,6,10-12,15-31,66-67H2,1-5H3,(H2,68,85)(H,69,92)(H,70,86)(H,71,93)(H,72,94)(H,73,95)(H,74,99)(H,75,100)(H,76,96)(H,77,101)(H,78,97)(H,79,91)(H,80,98)(H,87,88)(H,89,90)(H,103,104)/t32-,33+,34+,36-,37-,38-,39-,40-,41-,42-,43-,44-,45-,50-,51-,52-/m0/s1. The van der Waals surface area contributed by atoms with Crippen LogP contribution in [0.25, 0.3) is 0 Å². The van der Waals surface area contributed by atoms with Gasteiger partial charge >= 0.3 is 17.9 Å². The van der Waals surface area contributed by atoms with Crippen LogP contribution in [-0.4, -0.2) is 277 Å². The Morgan fingerprint density at radius 1 is 0.551 bits per heavy atom. The Balaban J connectivity index is 2.54. The van der Waals surface area contributed by atoms with Crippen LogP contribution >= 0.6 is 37.0 Å². The van der Waals surface area contributed by atoms with Crippen molar-refractivity contribution in [1.29, 1.82) is 0 Å². The van der Waals surface area contributed by atoms with Crippen LogP contribution in [0.3, 0.4) is 0 Å². The van der Waals surface area contributed by atoms with Gasteiger partial charge in [0.15, 0.2) is 0 Å². The van der Waals surface area contributed by atoms with Crippen molar-refractivity contribution in [1.82, 2.24) is 68.7 Å². The minimum absolute atomic E-state index is 0.0384. The van der Waals surface area contributed by atoms with Gasteiger partial charge in [0.1, 0.15) is 72.5 Å². The first kappa shape index (κ1) is 94.1. The highest BCUT2D eigenvalue weighted by atomic mass is 32.2. The summed E-state index contributed by atoms with van der Waals surface area (Å²) in [7, 11) is 0. The number of aliphatic hydroxyl groups excluding tert-OH is 3. The number of rotatable bonds is 51. The van der Waals surface area contributed by atoms with Crippen LogP contribution in [0.4, 0.5) is 0 Å². The number of carbonyl (C=O) groups is 17. The molecular weight excluding hydrogens is 1470 g/mol. The average molecular weight is 1570 g/mol. The van der Waals surface area contributed by atoms with Gasteiger partial charge in [-0.05, 0) is 102 Å². The number of amides is 14. The Bertz CT molecular complexity index is 3220. The lowest BCUT2D eigenvalue weighted by molar-refractivity contribution is -0.143. The van der Waals surface area contributed by atoms with Crippen molar-refractivity contribution in [3.8, 4) is 0 Å². The molecule has 1 aromatic carbocycles. The maximum absolute atomic E-state index is 14.8. The van der Waals surface area contributed by atoms with Crippen LogP contribution in [0.5, 0.6) is 0 Å². The van der Waals surface area contributed by atoms with Crippen molar-refractivity contribution in [2.24, 2.45) is 23.1 Å². The molecular formula is C65H104N16O23S3. The second-order valence-corrected chi connectivity index (χ2v) is 27.1. The van der Waals surface area contributed by atoms with Crippen LogP contribution < -0.4 is 81.0 Å². The fraction of sp³-hybridized carbons (Fsp3) is 0.646. The predicted molar refractivity (Wildman–Crippen MR) is 390 cm³/mol. The number of aliphatic carboxylic acids is 3. The molecule has 0 aromatic heterocycles. The van der Waals surface area contributed by atoms with E-state index in [0.29, 0.717) is 31.2 Å². The summed E-state index contributed by atoms with van der Waals surface area (Å²) in [6.45, 7) is 3.97. The number of nitrogens with zero attached hydrogens (tertiary/aromatic N) is 1. The van der Waals surface area contributed by atoms with E-state index in [2.05, 4.69) is 89.1 Å². The summed E-state index contributed by atoms with van der Waals surface area (Å²) in [5.41, 5.74) is 17.2. The fourth-order valence-corrected chi connectivity index (χ4v) is 11.5. The van der Waals surface area contributed by atoms with E-state index >= 15 is 0 Å². The first-order valence-electron chi connectivity index (χ1n) is 34.5. The smallest absolute Gasteiger partial charge is 0.327 e. The number of hydrogen-bond donors (Lipinski definition) is 23. The van der Waals surface area contributed by atoms with Crippen LogP contribution in [-0.2, 0) is 87.9 Å². The summed E-state index contributed by atoms with van der Waals surface area (Å²) in [6.07, 6.45) is -5.06. The number of nitrogens with two attached hydrogens (primary N) is 3. The van der Waals surface area contributed by atoms with E-state index in [1.54, 1.807) is 50.4 Å². The number of unbranched alkanes of at least 4 members (excludes halogenated alkanes) is 1. The number of carboxylic acid groups (broad SMARTS) is 3. The first-order valence-corrected chi connectivity index (χ1v) is 37.2. The van der Waals surface area contributed by atoms with Gasteiger partial charge in [-0.15, -0.1) is 0 Å². The third-order valence-corrected chi connectivity index (χ3v) is 18.3. The summed E-state index contributed by atoms with van der Waals surface area (Å²) in [5.74, 6) is -20.0. The molecule has 0 aliphatic carbocycles. The molecule has 1 heterocycles. The van der Waals surface area contributed by atoms with Gasteiger partial charge < -0.3 is 117 Å². The van der Waals surface area contributed by atoms with Gasteiger partial charge in [0.05, 0.1) is 31.4 Å². The topological polar surface area (TPSA) is 637 Å². The minimum Gasteiger partial charge on any atom is -0.481 e. The molecule has 14 amide bonds. The zero-order valence-electron chi connectivity index (χ0n) is 60.1. The van der Waals surface area contributed by atoms with E-state index in [4.69, 9.17) is 17.2 Å². The molecule has 24 N–H and O–H groups in total. The fourth-order valence-electron chi connectivity index (χ4n) is 10.6. The number of likely N-dealkylation sites (tertiary alicyclic amines) is 1. The second-order valence-electron chi connectivity index (χ2n) is 25.4. The van der Waals surface area contributed by atoms with Crippen molar-refractivity contribution < 1.29 is 112 Å². The molecule has 1 saturated heterocycles. The normalized spacial score (nSPS) is 16.7. The number of primary amides is 1. The van der Waals surface area contributed by atoms with Crippen LogP contribution in [0, 0.1) is 5.92 Å². The predicted octanol–water partition coefficient (Wildman–Crippen LogP) is -7.38. The quantitative estimate of drug-likeness (QED) is 0.0213. The van der Waals surface area contributed by atoms with Crippen LogP contribution in [0.15, 0.2) is 30.3 Å². The minimum atomic E-state index is -2.05. The number of nitrogens with one attached hydrogen (secondary N) is 12. The van der Waals surface area contributed by atoms with E-state index < -0.39 is 249 Å². The van der Waals surface area contributed by atoms with Gasteiger partial charge in [-0.25, -0.2) is 4.79 Å². The maximum Gasteiger partial charge on any atom is 0.327 e.